The highest BCUT2D eigenvalue weighted by Gasteiger charge is 2.33. The third-order valence-electron chi connectivity index (χ3n) is 8.47. The molecule has 202 valence electrons. The fourth-order valence-electron chi connectivity index (χ4n) is 6.12. The lowest BCUT2D eigenvalue weighted by atomic mass is 9.88. The van der Waals surface area contributed by atoms with Gasteiger partial charge in [-0.3, -0.25) is 4.90 Å². The van der Waals surface area contributed by atoms with E-state index < -0.39 is 0 Å². The van der Waals surface area contributed by atoms with Crippen molar-refractivity contribution in [3.8, 4) is 5.82 Å². The van der Waals surface area contributed by atoms with Crippen LogP contribution in [0.5, 0.6) is 0 Å². The summed E-state index contributed by atoms with van der Waals surface area (Å²) in [4.78, 5) is 14.3. The SMILES string of the molecule is Cc1nc(N2CC(OC3CCCCO3)C2)cc(-n2ncc3cc(Cl)c(C4CCN(C5COC5)CC4)cc32)n1. The number of fused-ring (bicyclic) bond motifs is 1. The monoisotopic (exact) mass is 538 g/mol. The quantitative estimate of drug-likeness (QED) is 0.464. The van der Waals surface area contributed by atoms with Crippen LogP contribution in [-0.4, -0.2) is 89.1 Å². The molecule has 4 fully saturated rings. The van der Waals surface area contributed by atoms with Crippen molar-refractivity contribution in [1.82, 2.24) is 24.6 Å². The van der Waals surface area contributed by atoms with Crippen LogP contribution in [0.3, 0.4) is 0 Å². The van der Waals surface area contributed by atoms with Crippen molar-refractivity contribution in [2.24, 2.45) is 0 Å². The average molecular weight is 539 g/mol. The zero-order valence-electron chi connectivity index (χ0n) is 21.9. The molecule has 0 saturated carbocycles. The Morgan fingerprint density at radius 3 is 2.55 bits per heavy atom. The van der Waals surface area contributed by atoms with Gasteiger partial charge in [0.25, 0.3) is 0 Å². The molecule has 1 atom stereocenters. The molecule has 4 saturated heterocycles. The van der Waals surface area contributed by atoms with E-state index in [1.165, 1.54) is 12.0 Å². The molecule has 0 bridgehead atoms. The summed E-state index contributed by atoms with van der Waals surface area (Å²) < 4.78 is 19.2. The summed E-state index contributed by atoms with van der Waals surface area (Å²) in [5, 5.41) is 6.56. The van der Waals surface area contributed by atoms with Crippen molar-refractivity contribution >= 4 is 28.3 Å². The van der Waals surface area contributed by atoms with Gasteiger partial charge in [-0.25, -0.2) is 14.6 Å². The normalized spacial score (nSPS) is 24.1. The van der Waals surface area contributed by atoms with Gasteiger partial charge >= 0.3 is 0 Å². The minimum atomic E-state index is -0.0606. The van der Waals surface area contributed by atoms with Crippen molar-refractivity contribution in [3.05, 3.63) is 40.8 Å². The standard InChI is InChI=1S/C28H35ClN6O3/c1-18-31-26(34-14-22(15-34)38-28-4-2-3-9-37-28)12-27(32-18)35-25-11-23(24(29)10-20(25)13-30-35)19-5-7-33(8-6-19)21-16-36-17-21/h10-13,19,21-22,28H,2-9,14-17H2,1H3. The molecule has 0 N–H and O–H groups in total. The highest BCUT2D eigenvalue weighted by atomic mass is 35.5. The molecule has 0 radical (unpaired) electrons. The molecule has 10 heteroatoms. The first-order valence-electron chi connectivity index (χ1n) is 14.0. The molecule has 2 aromatic heterocycles. The molecule has 7 rings (SSSR count). The molecule has 6 heterocycles. The summed E-state index contributed by atoms with van der Waals surface area (Å²) in [5.74, 6) is 2.85. The fourth-order valence-corrected chi connectivity index (χ4v) is 6.45. The maximum absolute atomic E-state index is 6.81. The van der Waals surface area contributed by atoms with Gasteiger partial charge in [0.15, 0.2) is 12.1 Å². The number of nitrogens with zero attached hydrogens (tertiary/aromatic N) is 6. The summed E-state index contributed by atoms with van der Waals surface area (Å²) in [7, 11) is 0. The van der Waals surface area contributed by atoms with Crippen molar-refractivity contribution in [3.63, 3.8) is 0 Å². The first-order valence-corrected chi connectivity index (χ1v) is 14.4. The molecular formula is C28H35ClN6O3. The molecule has 0 amide bonds. The van der Waals surface area contributed by atoms with Crippen molar-refractivity contribution in [2.45, 2.75) is 63.4 Å². The first kappa shape index (κ1) is 24.7. The predicted molar refractivity (Wildman–Crippen MR) is 145 cm³/mol. The first-order chi connectivity index (χ1) is 18.6. The number of aromatic nitrogens is 4. The van der Waals surface area contributed by atoms with Gasteiger partial charge in [0.2, 0.25) is 0 Å². The molecule has 9 nitrogen and oxygen atoms in total. The number of halogens is 1. The van der Waals surface area contributed by atoms with E-state index in [0.29, 0.717) is 12.0 Å². The van der Waals surface area contributed by atoms with Gasteiger partial charge in [0, 0.05) is 36.2 Å². The van der Waals surface area contributed by atoms with Gasteiger partial charge in [-0.2, -0.15) is 5.10 Å². The molecule has 4 aliphatic heterocycles. The number of aryl methyl sites for hydroxylation is 1. The van der Waals surface area contributed by atoms with Crippen LogP contribution >= 0.6 is 11.6 Å². The van der Waals surface area contributed by atoms with Gasteiger partial charge in [0.05, 0.1) is 37.1 Å². The van der Waals surface area contributed by atoms with E-state index in [0.717, 1.165) is 105 Å². The predicted octanol–water partition coefficient (Wildman–Crippen LogP) is 4.09. The molecule has 0 spiro atoms. The van der Waals surface area contributed by atoms with Gasteiger partial charge in [-0.15, -0.1) is 0 Å². The Morgan fingerprint density at radius 1 is 1.00 bits per heavy atom. The van der Waals surface area contributed by atoms with Crippen molar-refractivity contribution in [2.75, 3.05) is 50.9 Å². The lowest BCUT2D eigenvalue weighted by molar-refractivity contribution is -0.191. The molecule has 1 unspecified atom stereocenters. The van der Waals surface area contributed by atoms with Crippen molar-refractivity contribution in [1.29, 1.82) is 0 Å². The third-order valence-corrected chi connectivity index (χ3v) is 8.80. The maximum atomic E-state index is 6.81. The summed E-state index contributed by atoms with van der Waals surface area (Å²) in [6.45, 7) is 8.28. The van der Waals surface area contributed by atoms with E-state index in [4.69, 9.17) is 40.9 Å². The number of rotatable bonds is 6. The van der Waals surface area contributed by atoms with Crippen LogP contribution in [0.4, 0.5) is 5.82 Å². The number of piperidine rings is 1. The van der Waals surface area contributed by atoms with E-state index in [1.54, 1.807) is 0 Å². The summed E-state index contributed by atoms with van der Waals surface area (Å²) in [6.07, 6.45) is 7.50. The van der Waals surface area contributed by atoms with E-state index in [-0.39, 0.29) is 12.4 Å². The number of benzene rings is 1. The van der Waals surface area contributed by atoms with E-state index in [1.807, 2.05) is 23.9 Å². The largest absolute Gasteiger partial charge is 0.378 e. The van der Waals surface area contributed by atoms with Crippen LogP contribution in [0.15, 0.2) is 24.4 Å². The molecule has 3 aromatic rings. The van der Waals surface area contributed by atoms with Crippen LogP contribution < -0.4 is 4.90 Å². The van der Waals surface area contributed by atoms with Gasteiger partial charge in [-0.1, -0.05) is 11.6 Å². The van der Waals surface area contributed by atoms with Crippen LogP contribution in [0.1, 0.15) is 49.4 Å². The van der Waals surface area contributed by atoms with Crippen molar-refractivity contribution < 1.29 is 14.2 Å². The minimum Gasteiger partial charge on any atom is -0.378 e. The third kappa shape index (κ3) is 4.79. The Kier molecular flexibility index (Phi) is 6.73. The minimum absolute atomic E-state index is 0.0606. The Bertz CT molecular complexity index is 1290. The van der Waals surface area contributed by atoms with Crippen LogP contribution in [0, 0.1) is 6.92 Å². The van der Waals surface area contributed by atoms with E-state index >= 15 is 0 Å². The average Bonchev–Trinajstić information content (AvgIpc) is 3.28. The highest BCUT2D eigenvalue weighted by Crippen LogP contribution is 2.37. The smallest absolute Gasteiger partial charge is 0.159 e. The molecule has 1 aromatic carbocycles. The Hall–Kier alpha value is -2.30. The number of hydrogen-bond donors (Lipinski definition) is 0. The van der Waals surface area contributed by atoms with Crippen LogP contribution in [0.25, 0.3) is 16.7 Å². The Balaban J connectivity index is 1.09. The van der Waals surface area contributed by atoms with Crippen LogP contribution in [0.2, 0.25) is 5.02 Å². The second-order valence-electron chi connectivity index (χ2n) is 11.1. The fraction of sp³-hybridized carbons (Fsp3) is 0.607. The zero-order valence-corrected chi connectivity index (χ0v) is 22.6. The molecule has 4 aliphatic rings. The molecular weight excluding hydrogens is 504 g/mol. The van der Waals surface area contributed by atoms with Crippen LogP contribution in [-0.2, 0) is 14.2 Å². The summed E-state index contributed by atoms with van der Waals surface area (Å²) in [5.41, 5.74) is 2.24. The number of ether oxygens (including phenoxy) is 3. The Labute approximate surface area is 228 Å². The van der Waals surface area contributed by atoms with Gasteiger partial charge in [-0.05, 0) is 75.7 Å². The van der Waals surface area contributed by atoms with Gasteiger partial charge < -0.3 is 19.1 Å². The topological polar surface area (TPSA) is 77.8 Å². The second kappa shape index (κ2) is 10.4. The number of hydrogen-bond acceptors (Lipinski definition) is 8. The van der Waals surface area contributed by atoms with Gasteiger partial charge in [0.1, 0.15) is 11.6 Å². The lowest BCUT2D eigenvalue weighted by Crippen LogP contribution is -2.54. The van der Waals surface area contributed by atoms with E-state index in [9.17, 15) is 0 Å². The van der Waals surface area contributed by atoms with E-state index in [2.05, 4.69) is 21.9 Å². The lowest BCUT2D eigenvalue weighted by Gasteiger charge is -2.41. The number of likely N-dealkylation sites (tertiary alicyclic amines) is 1. The molecule has 0 aliphatic carbocycles. The number of anilines is 1. The second-order valence-corrected chi connectivity index (χ2v) is 11.5. The molecule has 38 heavy (non-hydrogen) atoms. The summed E-state index contributed by atoms with van der Waals surface area (Å²) >= 11 is 6.81. The summed E-state index contributed by atoms with van der Waals surface area (Å²) in [6, 6.07) is 6.91. The Morgan fingerprint density at radius 2 is 1.82 bits per heavy atom. The maximum Gasteiger partial charge on any atom is 0.159 e. The zero-order chi connectivity index (χ0) is 25.6. The highest BCUT2D eigenvalue weighted by molar-refractivity contribution is 6.32.